The van der Waals surface area contributed by atoms with Gasteiger partial charge in [-0.15, -0.1) is 0 Å². The van der Waals surface area contributed by atoms with E-state index in [0.29, 0.717) is 11.5 Å². The maximum absolute atomic E-state index is 4.68. The maximum Gasteiger partial charge on any atom is 0.222 e. The third-order valence-electron chi connectivity index (χ3n) is 2.27. The number of aromatic nitrogens is 2. The molecule has 0 saturated heterocycles. The van der Waals surface area contributed by atoms with Crippen LogP contribution in [0.5, 0.6) is 0 Å². The molecule has 0 bridgehead atoms. The van der Waals surface area contributed by atoms with Gasteiger partial charge in [0.2, 0.25) is 12.2 Å². The Kier molecular flexibility index (Phi) is 2.00. The van der Waals surface area contributed by atoms with Crippen molar-refractivity contribution in [1.82, 2.24) is 10.1 Å². The highest BCUT2D eigenvalue weighted by atomic mass is 16.5. The lowest BCUT2D eigenvalue weighted by atomic mass is 10.1. The largest absolute Gasteiger partial charge is 0.342 e. The third-order valence-corrected chi connectivity index (χ3v) is 2.27. The number of para-hydroxylation sites is 1. The van der Waals surface area contributed by atoms with Crippen LogP contribution in [0, 0.1) is 0 Å². The maximum atomic E-state index is 4.68. The van der Waals surface area contributed by atoms with Crippen molar-refractivity contribution in [2.24, 2.45) is 5.10 Å². The van der Waals surface area contributed by atoms with E-state index in [0.717, 1.165) is 11.3 Å². The highest BCUT2D eigenvalue weighted by Crippen LogP contribution is 2.19. The number of hydrogen-bond donors (Lipinski definition) is 1. The second kappa shape index (κ2) is 3.62. The number of anilines is 1. The van der Waals surface area contributed by atoms with Crippen LogP contribution in [0.4, 0.5) is 5.69 Å². The Morgan fingerprint density at radius 2 is 2.06 bits per heavy atom. The molecule has 5 heteroatoms. The summed E-state index contributed by atoms with van der Waals surface area (Å²) in [5.41, 5.74) is 5.64. The molecule has 1 aromatic heterocycles. The lowest BCUT2D eigenvalue weighted by Crippen LogP contribution is -2.01. The van der Waals surface area contributed by atoms with Crippen LogP contribution >= 0.6 is 0 Å². The van der Waals surface area contributed by atoms with E-state index < -0.39 is 0 Å². The summed E-state index contributed by atoms with van der Waals surface area (Å²) in [7, 11) is 0. The molecule has 1 aromatic carbocycles. The lowest BCUT2D eigenvalue weighted by molar-refractivity contribution is 0.415. The van der Waals surface area contributed by atoms with Crippen molar-refractivity contribution in [1.29, 1.82) is 0 Å². The van der Waals surface area contributed by atoms with Crippen LogP contribution in [0.3, 0.4) is 0 Å². The van der Waals surface area contributed by atoms with Crippen molar-refractivity contribution >= 4 is 17.5 Å². The molecule has 2 aromatic rings. The zero-order chi connectivity index (χ0) is 10.8. The first-order valence-corrected chi connectivity index (χ1v) is 4.81. The summed E-state index contributed by atoms with van der Waals surface area (Å²) < 4.78 is 4.68. The monoisotopic (exact) mass is 212 g/mol. The van der Waals surface area contributed by atoms with E-state index in [1.165, 1.54) is 6.39 Å². The Balaban J connectivity index is 2.01. The van der Waals surface area contributed by atoms with Gasteiger partial charge < -0.3 is 4.52 Å². The smallest absolute Gasteiger partial charge is 0.222 e. The molecule has 1 aliphatic rings. The van der Waals surface area contributed by atoms with Gasteiger partial charge in [-0.3, -0.25) is 5.43 Å². The van der Waals surface area contributed by atoms with Crippen LogP contribution in [-0.2, 0) is 0 Å². The predicted octanol–water partition coefficient (Wildman–Crippen LogP) is 1.91. The van der Waals surface area contributed by atoms with Crippen LogP contribution in [0.25, 0.3) is 6.08 Å². The quantitative estimate of drug-likeness (QED) is 0.784. The minimum Gasteiger partial charge on any atom is -0.342 e. The topological polar surface area (TPSA) is 63.3 Å². The zero-order valence-electron chi connectivity index (χ0n) is 8.29. The van der Waals surface area contributed by atoms with E-state index in [-0.39, 0.29) is 0 Å². The van der Waals surface area contributed by atoms with Gasteiger partial charge in [-0.2, -0.15) is 10.1 Å². The third kappa shape index (κ3) is 1.48. The normalized spacial score (nSPS) is 13.6. The van der Waals surface area contributed by atoms with E-state index in [4.69, 9.17) is 0 Å². The molecule has 0 atom stereocenters. The fraction of sp³-hybridized carbons (Fsp3) is 0. The fourth-order valence-corrected chi connectivity index (χ4v) is 1.48. The van der Waals surface area contributed by atoms with Gasteiger partial charge in [-0.05, 0) is 17.7 Å². The molecule has 2 heterocycles. The molecule has 0 aliphatic carbocycles. The van der Waals surface area contributed by atoms with Crippen molar-refractivity contribution < 1.29 is 4.52 Å². The van der Waals surface area contributed by atoms with Gasteiger partial charge in [0.1, 0.15) is 5.71 Å². The Labute approximate surface area is 91.5 Å². The number of allylic oxidation sites excluding steroid dienone is 1. The first kappa shape index (κ1) is 8.84. The Bertz CT molecular complexity index is 557. The van der Waals surface area contributed by atoms with Gasteiger partial charge in [0.15, 0.2) is 0 Å². The predicted molar refractivity (Wildman–Crippen MR) is 59.9 cm³/mol. The molecule has 0 spiro atoms. The SMILES string of the molecule is C1=Cc2ccccc2NN=C1c1ncon1. The summed E-state index contributed by atoms with van der Waals surface area (Å²) >= 11 is 0. The molecule has 3 rings (SSSR count). The summed E-state index contributed by atoms with van der Waals surface area (Å²) in [6, 6.07) is 7.90. The molecule has 0 fully saturated rings. The summed E-state index contributed by atoms with van der Waals surface area (Å²) in [6.45, 7) is 0. The van der Waals surface area contributed by atoms with Gasteiger partial charge in [0.25, 0.3) is 0 Å². The highest BCUT2D eigenvalue weighted by Gasteiger charge is 2.09. The summed E-state index contributed by atoms with van der Waals surface area (Å²) in [5.74, 6) is 0.469. The Morgan fingerprint density at radius 3 is 2.94 bits per heavy atom. The van der Waals surface area contributed by atoms with E-state index >= 15 is 0 Å². The van der Waals surface area contributed by atoms with Crippen molar-refractivity contribution in [3.05, 3.63) is 48.1 Å². The van der Waals surface area contributed by atoms with Gasteiger partial charge in [0, 0.05) is 0 Å². The van der Waals surface area contributed by atoms with Gasteiger partial charge in [-0.1, -0.05) is 29.4 Å². The molecular weight excluding hydrogens is 204 g/mol. The lowest BCUT2D eigenvalue weighted by Gasteiger charge is -2.01. The van der Waals surface area contributed by atoms with E-state index in [9.17, 15) is 0 Å². The van der Waals surface area contributed by atoms with Crippen molar-refractivity contribution in [3.63, 3.8) is 0 Å². The molecule has 5 nitrogen and oxygen atoms in total. The van der Waals surface area contributed by atoms with Gasteiger partial charge >= 0.3 is 0 Å². The van der Waals surface area contributed by atoms with Crippen LogP contribution in [0.15, 0.2) is 46.4 Å². The van der Waals surface area contributed by atoms with E-state index in [1.807, 2.05) is 36.4 Å². The minimum absolute atomic E-state index is 0.469. The zero-order valence-corrected chi connectivity index (χ0v) is 8.29. The van der Waals surface area contributed by atoms with Crippen molar-refractivity contribution in [3.8, 4) is 0 Å². The van der Waals surface area contributed by atoms with Crippen molar-refractivity contribution in [2.45, 2.75) is 0 Å². The average Bonchev–Trinajstić information content (AvgIpc) is 2.76. The second-order valence-corrected chi connectivity index (χ2v) is 3.28. The molecule has 78 valence electrons. The molecule has 0 radical (unpaired) electrons. The Hall–Kier alpha value is -2.43. The van der Waals surface area contributed by atoms with Crippen molar-refractivity contribution in [2.75, 3.05) is 5.43 Å². The molecule has 0 amide bonds. The number of fused-ring (bicyclic) bond motifs is 1. The summed E-state index contributed by atoms with van der Waals surface area (Å²) in [4.78, 5) is 3.94. The number of nitrogens with one attached hydrogen (secondary N) is 1. The van der Waals surface area contributed by atoms with Crippen LogP contribution in [-0.4, -0.2) is 15.9 Å². The second-order valence-electron chi connectivity index (χ2n) is 3.28. The first-order chi connectivity index (χ1) is 7.93. The number of hydrogen-bond acceptors (Lipinski definition) is 5. The van der Waals surface area contributed by atoms with Gasteiger partial charge in [0.05, 0.1) is 5.69 Å². The molecule has 16 heavy (non-hydrogen) atoms. The molecule has 0 unspecified atom stereocenters. The first-order valence-electron chi connectivity index (χ1n) is 4.81. The minimum atomic E-state index is 0.469. The Morgan fingerprint density at radius 1 is 1.12 bits per heavy atom. The highest BCUT2D eigenvalue weighted by molar-refractivity contribution is 6.09. The van der Waals surface area contributed by atoms with E-state index in [2.05, 4.69) is 25.2 Å². The standard InChI is InChI=1S/C11H8N4O/c1-2-4-9-8(3-1)5-6-10(14-13-9)11-12-7-16-15-11/h1-7,13H. The van der Waals surface area contributed by atoms with Crippen LogP contribution in [0.2, 0.25) is 0 Å². The summed E-state index contributed by atoms with van der Waals surface area (Å²) in [5, 5.41) is 7.94. The molecule has 1 aliphatic heterocycles. The average molecular weight is 212 g/mol. The number of nitrogens with zero attached hydrogens (tertiary/aromatic N) is 3. The molecule has 1 N–H and O–H groups in total. The summed E-state index contributed by atoms with van der Waals surface area (Å²) in [6.07, 6.45) is 5.10. The van der Waals surface area contributed by atoms with E-state index in [1.54, 1.807) is 0 Å². The number of benzene rings is 1. The van der Waals surface area contributed by atoms with Gasteiger partial charge in [-0.25, -0.2) is 0 Å². The molecular formula is C11H8N4O. The fourth-order valence-electron chi connectivity index (χ4n) is 1.48. The number of rotatable bonds is 1. The number of hydrazone groups is 1. The van der Waals surface area contributed by atoms with Crippen LogP contribution < -0.4 is 5.43 Å². The molecule has 0 saturated carbocycles. The van der Waals surface area contributed by atoms with Crippen LogP contribution in [0.1, 0.15) is 11.4 Å².